The van der Waals surface area contributed by atoms with Gasteiger partial charge in [-0.1, -0.05) is 100 Å². The fourth-order valence-corrected chi connectivity index (χ4v) is 4.02. The van der Waals surface area contributed by atoms with Gasteiger partial charge in [-0.15, -0.1) is 0 Å². The summed E-state index contributed by atoms with van der Waals surface area (Å²) in [5.74, 6) is 10.3. The number of benzene rings is 3. The van der Waals surface area contributed by atoms with E-state index in [2.05, 4.69) is 49.7 Å². The second kappa shape index (κ2) is 14.9. The summed E-state index contributed by atoms with van der Waals surface area (Å²) in [6.45, 7) is 4.40. The fourth-order valence-electron chi connectivity index (χ4n) is 4.02. The summed E-state index contributed by atoms with van der Waals surface area (Å²) in [5, 5.41) is 0. The van der Waals surface area contributed by atoms with E-state index in [-0.39, 0.29) is 11.1 Å². The van der Waals surface area contributed by atoms with E-state index < -0.39 is 11.6 Å². The van der Waals surface area contributed by atoms with Crippen LogP contribution in [-0.4, -0.2) is 0 Å². The van der Waals surface area contributed by atoms with Crippen LogP contribution in [0.3, 0.4) is 0 Å². The van der Waals surface area contributed by atoms with Crippen molar-refractivity contribution in [1.29, 1.82) is 0 Å². The van der Waals surface area contributed by atoms with E-state index in [1.807, 2.05) is 36.4 Å². The highest BCUT2D eigenvalue weighted by molar-refractivity contribution is 5.49. The van der Waals surface area contributed by atoms with Crippen molar-refractivity contribution in [3.8, 4) is 23.7 Å². The van der Waals surface area contributed by atoms with Gasteiger partial charge < -0.3 is 0 Å². The molecule has 0 saturated carbocycles. The predicted octanol–water partition coefficient (Wildman–Crippen LogP) is 9.01. The summed E-state index contributed by atoms with van der Waals surface area (Å²) in [4.78, 5) is 0. The Morgan fingerprint density at radius 3 is 1.39 bits per heavy atom. The molecule has 2 heteroatoms. The topological polar surface area (TPSA) is 0 Å². The number of rotatable bonds is 10. The summed E-state index contributed by atoms with van der Waals surface area (Å²) < 4.78 is 29.2. The standard InChI is InChI=1S/C34H36F2/c1-3-5-7-8-9-10-12-28-15-19-30(20-16-28)22-24-32-26-33(35)31(25-34(32)36)23-21-29-17-13-27(14-18-29)11-6-4-2/h13-20,25-26H,3-12H2,1-2H3. The Kier molecular flexibility index (Phi) is 11.3. The van der Waals surface area contributed by atoms with Crippen molar-refractivity contribution < 1.29 is 8.78 Å². The maximum absolute atomic E-state index is 14.6. The normalized spacial score (nSPS) is 10.3. The third-order valence-electron chi connectivity index (χ3n) is 6.29. The molecule has 0 aliphatic rings. The lowest BCUT2D eigenvalue weighted by atomic mass is 10.0. The molecule has 0 nitrogen and oxygen atoms in total. The van der Waals surface area contributed by atoms with Gasteiger partial charge >= 0.3 is 0 Å². The Bertz CT molecular complexity index is 1210. The molecule has 186 valence electrons. The lowest BCUT2D eigenvalue weighted by Crippen LogP contribution is -1.92. The molecule has 0 bridgehead atoms. The van der Waals surface area contributed by atoms with Gasteiger partial charge in [-0.3, -0.25) is 0 Å². The Hall–Kier alpha value is -3.36. The molecule has 0 aliphatic heterocycles. The van der Waals surface area contributed by atoms with Crippen LogP contribution in [0.5, 0.6) is 0 Å². The molecule has 3 rings (SSSR count). The molecule has 0 N–H and O–H groups in total. The number of aryl methyl sites for hydroxylation is 2. The van der Waals surface area contributed by atoms with Gasteiger partial charge in [0.15, 0.2) is 0 Å². The van der Waals surface area contributed by atoms with E-state index in [0.29, 0.717) is 0 Å². The van der Waals surface area contributed by atoms with Crippen LogP contribution < -0.4 is 0 Å². The van der Waals surface area contributed by atoms with Crippen molar-refractivity contribution in [3.05, 3.63) is 106 Å². The van der Waals surface area contributed by atoms with Gasteiger partial charge in [-0.25, -0.2) is 8.78 Å². The summed E-state index contributed by atoms with van der Waals surface area (Å²) in [7, 11) is 0. The van der Waals surface area contributed by atoms with Crippen LogP contribution in [0.2, 0.25) is 0 Å². The van der Waals surface area contributed by atoms with Gasteiger partial charge in [0.1, 0.15) is 11.6 Å². The summed E-state index contributed by atoms with van der Waals surface area (Å²) in [5.41, 5.74) is 4.18. The minimum absolute atomic E-state index is 0.0344. The molecule has 0 aliphatic carbocycles. The first-order valence-electron chi connectivity index (χ1n) is 13.3. The average Bonchev–Trinajstić information content (AvgIpc) is 2.90. The zero-order valence-electron chi connectivity index (χ0n) is 21.6. The molecule has 36 heavy (non-hydrogen) atoms. The maximum atomic E-state index is 14.6. The molecule has 0 atom stereocenters. The Balaban J connectivity index is 1.60. The van der Waals surface area contributed by atoms with Gasteiger partial charge in [-0.2, -0.15) is 0 Å². The minimum atomic E-state index is -0.568. The van der Waals surface area contributed by atoms with Crippen LogP contribution in [0.4, 0.5) is 8.78 Å². The molecule has 0 radical (unpaired) electrons. The van der Waals surface area contributed by atoms with Crippen LogP contribution >= 0.6 is 0 Å². The van der Waals surface area contributed by atoms with E-state index in [9.17, 15) is 8.78 Å². The molecular formula is C34H36F2. The molecule has 0 amide bonds. The highest BCUT2D eigenvalue weighted by Gasteiger charge is 2.07. The van der Waals surface area contributed by atoms with Crippen LogP contribution in [0.1, 0.15) is 98.6 Å². The van der Waals surface area contributed by atoms with E-state index in [1.54, 1.807) is 0 Å². The van der Waals surface area contributed by atoms with Gasteiger partial charge in [0.25, 0.3) is 0 Å². The highest BCUT2D eigenvalue weighted by atomic mass is 19.1. The monoisotopic (exact) mass is 482 g/mol. The van der Waals surface area contributed by atoms with Crippen LogP contribution in [0.15, 0.2) is 60.7 Å². The van der Waals surface area contributed by atoms with Crippen molar-refractivity contribution in [2.75, 3.05) is 0 Å². The lowest BCUT2D eigenvalue weighted by Gasteiger charge is -2.02. The largest absolute Gasteiger partial charge is 0.206 e. The van der Waals surface area contributed by atoms with Crippen LogP contribution in [0.25, 0.3) is 0 Å². The molecule has 0 fully saturated rings. The zero-order chi connectivity index (χ0) is 25.6. The predicted molar refractivity (Wildman–Crippen MR) is 147 cm³/mol. The van der Waals surface area contributed by atoms with Crippen molar-refractivity contribution in [2.45, 2.75) is 78.1 Å². The number of halogens is 2. The highest BCUT2D eigenvalue weighted by Crippen LogP contribution is 2.15. The van der Waals surface area contributed by atoms with Crippen LogP contribution in [0, 0.1) is 35.3 Å². The first-order valence-corrected chi connectivity index (χ1v) is 13.3. The molecule has 0 spiro atoms. The maximum Gasteiger partial charge on any atom is 0.140 e. The van der Waals surface area contributed by atoms with Gasteiger partial charge in [0, 0.05) is 11.1 Å². The quantitative estimate of drug-likeness (QED) is 0.200. The van der Waals surface area contributed by atoms with Crippen molar-refractivity contribution in [3.63, 3.8) is 0 Å². The van der Waals surface area contributed by atoms with E-state index in [1.165, 1.54) is 49.7 Å². The van der Waals surface area contributed by atoms with E-state index in [0.717, 1.165) is 48.9 Å². The van der Waals surface area contributed by atoms with E-state index >= 15 is 0 Å². The Morgan fingerprint density at radius 2 is 0.917 bits per heavy atom. The number of hydrogen-bond donors (Lipinski definition) is 0. The lowest BCUT2D eigenvalue weighted by molar-refractivity contribution is 0.594. The molecule has 0 unspecified atom stereocenters. The number of unbranched alkanes of at least 4 members (excludes halogenated alkanes) is 6. The molecule has 0 saturated heterocycles. The zero-order valence-corrected chi connectivity index (χ0v) is 21.6. The summed E-state index contributed by atoms with van der Waals surface area (Å²) in [6.07, 6.45) is 12.1. The van der Waals surface area contributed by atoms with Crippen molar-refractivity contribution >= 4 is 0 Å². The molecule has 0 aromatic heterocycles. The molecule has 3 aromatic rings. The first kappa shape index (κ1) is 27.2. The number of hydrogen-bond acceptors (Lipinski definition) is 0. The van der Waals surface area contributed by atoms with E-state index in [4.69, 9.17) is 0 Å². The first-order chi connectivity index (χ1) is 17.6. The van der Waals surface area contributed by atoms with Gasteiger partial charge in [0.05, 0.1) is 11.1 Å². The second-order valence-corrected chi connectivity index (χ2v) is 9.33. The smallest absolute Gasteiger partial charge is 0.140 e. The molecule has 0 heterocycles. The third kappa shape index (κ3) is 9.02. The molecular weight excluding hydrogens is 446 g/mol. The summed E-state index contributed by atoms with van der Waals surface area (Å²) in [6, 6.07) is 18.2. The fraction of sp³-hybridized carbons (Fsp3) is 0.353. The molecule has 3 aromatic carbocycles. The van der Waals surface area contributed by atoms with Gasteiger partial charge in [0.2, 0.25) is 0 Å². The van der Waals surface area contributed by atoms with Crippen molar-refractivity contribution in [1.82, 2.24) is 0 Å². The second-order valence-electron chi connectivity index (χ2n) is 9.33. The third-order valence-corrected chi connectivity index (χ3v) is 6.29. The SMILES string of the molecule is CCCCCCCCc1ccc(C#Cc2cc(F)c(C#Cc3ccc(CCCC)cc3)cc2F)cc1. The Labute approximate surface area is 216 Å². The summed E-state index contributed by atoms with van der Waals surface area (Å²) >= 11 is 0. The average molecular weight is 483 g/mol. The van der Waals surface area contributed by atoms with Gasteiger partial charge in [-0.05, 0) is 73.2 Å². The van der Waals surface area contributed by atoms with Crippen LogP contribution in [-0.2, 0) is 12.8 Å². The minimum Gasteiger partial charge on any atom is -0.206 e. The van der Waals surface area contributed by atoms with Crippen molar-refractivity contribution in [2.24, 2.45) is 0 Å². The Morgan fingerprint density at radius 1 is 0.500 bits per heavy atom.